The van der Waals surface area contributed by atoms with E-state index in [-0.39, 0.29) is 27.5 Å². The second-order valence-electron chi connectivity index (χ2n) is 5.38. The van der Waals surface area contributed by atoms with Gasteiger partial charge in [-0.2, -0.15) is 0 Å². The van der Waals surface area contributed by atoms with E-state index in [1.165, 1.54) is 18.2 Å². The number of halogens is 1. The Bertz CT molecular complexity index is 945. The number of non-ortho nitro benzene ring substituents is 2. The van der Waals surface area contributed by atoms with Crippen LogP contribution in [0.15, 0.2) is 36.4 Å². The van der Waals surface area contributed by atoms with Gasteiger partial charge in [0.25, 0.3) is 11.4 Å². The number of nitro benzene ring substituents is 2. The van der Waals surface area contributed by atoms with E-state index in [1.54, 1.807) is 19.0 Å². The van der Waals surface area contributed by atoms with Crippen molar-refractivity contribution in [2.45, 2.75) is 0 Å². The van der Waals surface area contributed by atoms with Crippen LogP contribution in [0.2, 0.25) is 5.02 Å². The topological polar surface area (TPSA) is 164 Å². The molecule has 0 saturated carbocycles. The van der Waals surface area contributed by atoms with Gasteiger partial charge >= 0.3 is 11.9 Å². The van der Waals surface area contributed by atoms with Crippen LogP contribution in [-0.2, 0) is 0 Å². The fourth-order valence-electron chi connectivity index (χ4n) is 1.99. The number of nitro groups is 2. The van der Waals surface area contributed by atoms with Gasteiger partial charge in [0.05, 0.1) is 31.7 Å². The van der Waals surface area contributed by atoms with E-state index >= 15 is 0 Å². The molecule has 0 aromatic heterocycles. The molecule has 0 unspecified atom stereocenters. The number of carboxylic acids is 2. The first-order chi connectivity index (χ1) is 13.0. The van der Waals surface area contributed by atoms with Crippen LogP contribution in [0.1, 0.15) is 20.7 Å². The molecule has 0 heterocycles. The Kier molecular flexibility index (Phi) is 7.39. The van der Waals surface area contributed by atoms with Gasteiger partial charge in [0, 0.05) is 38.4 Å². The highest BCUT2D eigenvalue weighted by molar-refractivity contribution is 6.33. The summed E-state index contributed by atoms with van der Waals surface area (Å²) in [5, 5.41) is 38.1. The first-order valence-electron chi connectivity index (χ1n) is 7.32. The Balaban J connectivity index is 0.000000283. The van der Waals surface area contributed by atoms with E-state index in [2.05, 4.69) is 0 Å². The van der Waals surface area contributed by atoms with Crippen molar-refractivity contribution >= 4 is 40.6 Å². The summed E-state index contributed by atoms with van der Waals surface area (Å²) in [6.07, 6.45) is 0. The maximum atomic E-state index is 10.9. The van der Waals surface area contributed by atoms with Crippen LogP contribution in [0.4, 0.5) is 17.1 Å². The summed E-state index contributed by atoms with van der Waals surface area (Å²) in [4.78, 5) is 42.3. The lowest BCUT2D eigenvalue weighted by molar-refractivity contribution is -0.385. The summed E-state index contributed by atoms with van der Waals surface area (Å²) < 4.78 is 0. The molecule has 0 spiro atoms. The minimum absolute atomic E-state index is 0.0156. The predicted octanol–water partition coefficient (Wildman–Crippen LogP) is 3.31. The summed E-state index contributed by atoms with van der Waals surface area (Å²) >= 11 is 5.49. The van der Waals surface area contributed by atoms with Crippen molar-refractivity contribution in [2.75, 3.05) is 19.0 Å². The maximum absolute atomic E-state index is 10.9. The van der Waals surface area contributed by atoms with Crippen LogP contribution >= 0.6 is 11.6 Å². The van der Waals surface area contributed by atoms with E-state index in [0.29, 0.717) is 5.69 Å². The molecule has 2 N–H and O–H groups in total. The maximum Gasteiger partial charge on any atom is 0.338 e. The molecule has 11 nitrogen and oxygen atoms in total. The van der Waals surface area contributed by atoms with E-state index < -0.39 is 21.8 Å². The van der Waals surface area contributed by atoms with Gasteiger partial charge in [-0.3, -0.25) is 20.2 Å². The fourth-order valence-corrected chi connectivity index (χ4v) is 2.19. The predicted molar refractivity (Wildman–Crippen MR) is 99.4 cm³/mol. The quantitative estimate of drug-likeness (QED) is 0.554. The average Bonchev–Trinajstić information content (AvgIpc) is 2.61. The number of hydrogen-bond donors (Lipinski definition) is 2. The van der Waals surface area contributed by atoms with Crippen molar-refractivity contribution in [3.63, 3.8) is 0 Å². The van der Waals surface area contributed by atoms with Gasteiger partial charge in [0.15, 0.2) is 0 Å². The molecule has 28 heavy (non-hydrogen) atoms. The monoisotopic (exact) mass is 411 g/mol. The lowest BCUT2D eigenvalue weighted by atomic mass is 10.1. The van der Waals surface area contributed by atoms with Crippen LogP contribution < -0.4 is 4.90 Å². The van der Waals surface area contributed by atoms with Crippen LogP contribution in [-0.4, -0.2) is 46.1 Å². The molecular formula is C16H14ClN3O8. The molecular weight excluding hydrogens is 398 g/mol. The molecule has 0 bridgehead atoms. The van der Waals surface area contributed by atoms with E-state index in [4.69, 9.17) is 21.8 Å². The first kappa shape index (κ1) is 22.3. The van der Waals surface area contributed by atoms with Crippen LogP contribution in [0.25, 0.3) is 0 Å². The molecule has 2 aromatic carbocycles. The molecule has 2 rings (SSSR count). The van der Waals surface area contributed by atoms with Crippen molar-refractivity contribution in [1.82, 2.24) is 0 Å². The smallest absolute Gasteiger partial charge is 0.338 e. The Morgan fingerprint density at radius 3 is 1.71 bits per heavy atom. The Labute approximate surface area is 162 Å². The van der Waals surface area contributed by atoms with Crippen LogP contribution in [0, 0.1) is 20.2 Å². The van der Waals surface area contributed by atoms with Gasteiger partial charge < -0.3 is 15.1 Å². The van der Waals surface area contributed by atoms with Crippen molar-refractivity contribution in [2.24, 2.45) is 0 Å². The van der Waals surface area contributed by atoms with Crippen molar-refractivity contribution < 1.29 is 29.6 Å². The zero-order chi connectivity index (χ0) is 21.6. The SMILES string of the molecule is CN(C)c1ccc([N+](=O)[O-])cc1C(=O)O.O=C(O)c1cc([N+](=O)[O-])ccc1Cl. The molecule has 12 heteroatoms. The van der Waals surface area contributed by atoms with E-state index in [9.17, 15) is 29.8 Å². The molecule has 0 aliphatic rings. The molecule has 0 amide bonds. The zero-order valence-corrected chi connectivity index (χ0v) is 15.3. The molecule has 0 saturated heterocycles. The largest absolute Gasteiger partial charge is 0.478 e. The van der Waals surface area contributed by atoms with E-state index in [1.807, 2.05) is 0 Å². The Hall–Kier alpha value is -3.73. The van der Waals surface area contributed by atoms with Gasteiger partial charge in [-0.25, -0.2) is 9.59 Å². The lowest BCUT2D eigenvalue weighted by Gasteiger charge is -2.14. The summed E-state index contributed by atoms with van der Waals surface area (Å²) in [6.45, 7) is 0. The Morgan fingerprint density at radius 2 is 1.32 bits per heavy atom. The second kappa shape index (κ2) is 9.28. The number of anilines is 1. The fraction of sp³-hybridized carbons (Fsp3) is 0.125. The third kappa shape index (κ3) is 5.64. The molecule has 0 aliphatic heterocycles. The Morgan fingerprint density at radius 1 is 0.893 bits per heavy atom. The molecule has 148 valence electrons. The summed E-state index contributed by atoms with van der Waals surface area (Å²) in [5.74, 6) is -2.46. The van der Waals surface area contributed by atoms with Gasteiger partial charge in [0.1, 0.15) is 0 Å². The summed E-state index contributed by atoms with van der Waals surface area (Å²) in [6, 6.07) is 7.00. The number of rotatable bonds is 5. The van der Waals surface area contributed by atoms with Crippen LogP contribution in [0.5, 0.6) is 0 Å². The molecule has 2 aromatic rings. The van der Waals surface area contributed by atoms with Crippen molar-refractivity contribution in [3.05, 3.63) is 72.8 Å². The van der Waals surface area contributed by atoms with Gasteiger partial charge in [-0.15, -0.1) is 0 Å². The molecule has 0 fully saturated rings. The van der Waals surface area contributed by atoms with Crippen LogP contribution in [0.3, 0.4) is 0 Å². The molecule has 0 atom stereocenters. The number of carboxylic acid groups (broad SMARTS) is 2. The number of aromatic carboxylic acids is 2. The highest BCUT2D eigenvalue weighted by Crippen LogP contribution is 2.24. The summed E-state index contributed by atoms with van der Waals surface area (Å²) in [7, 11) is 3.35. The molecule has 0 radical (unpaired) electrons. The average molecular weight is 412 g/mol. The number of hydrogen-bond acceptors (Lipinski definition) is 7. The van der Waals surface area contributed by atoms with Crippen molar-refractivity contribution in [1.29, 1.82) is 0 Å². The number of carbonyl (C=O) groups is 2. The minimum atomic E-state index is -1.28. The third-order valence-corrected chi connectivity index (χ3v) is 3.62. The normalized spacial score (nSPS) is 9.68. The lowest BCUT2D eigenvalue weighted by Crippen LogP contribution is -2.14. The highest BCUT2D eigenvalue weighted by atomic mass is 35.5. The first-order valence-corrected chi connectivity index (χ1v) is 7.69. The van der Waals surface area contributed by atoms with Crippen molar-refractivity contribution in [3.8, 4) is 0 Å². The number of benzene rings is 2. The van der Waals surface area contributed by atoms with Gasteiger partial charge in [0.2, 0.25) is 0 Å². The highest BCUT2D eigenvalue weighted by Gasteiger charge is 2.17. The minimum Gasteiger partial charge on any atom is -0.478 e. The molecule has 0 aliphatic carbocycles. The van der Waals surface area contributed by atoms with Gasteiger partial charge in [-0.05, 0) is 12.1 Å². The zero-order valence-electron chi connectivity index (χ0n) is 14.5. The number of nitrogens with zero attached hydrogens (tertiary/aromatic N) is 3. The van der Waals surface area contributed by atoms with Gasteiger partial charge in [-0.1, -0.05) is 11.6 Å². The standard InChI is InChI=1S/C9H10N2O4.C7H4ClNO4/c1-10(2)8-4-3-6(11(14)15)5-7(8)9(12)13;8-6-2-1-4(9(12)13)3-5(6)7(10)11/h3-5H,1-2H3,(H,12,13);1-3H,(H,10,11). The summed E-state index contributed by atoms with van der Waals surface area (Å²) in [5.41, 5.74) is -0.419. The second-order valence-corrected chi connectivity index (χ2v) is 5.79. The third-order valence-electron chi connectivity index (χ3n) is 3.29. The van der Waals surface area contributed by atoms with E-state index in [0.717, 1.165) is 18.2 Å².